The third-order valence-corrected chi connectivity index (χ3v) is 6.76. The van der Waals surface area contributed by atoms with Crippen LogP contribution in [-0.4, -0.2) is 50.6 Å². The van der Waals surface area contributed by atoms with Crippen LogP contribution in [0.5, 0.6) is 23.0 Å². The smallest absolute Gasteiger partial charge is 0.422 e. The number of carbonyl (C=O) groups is 3. The van der Waals surface area contributed by atoms with Crippen molar-refractivity contribution in [2.75, 3.05) is 20.3 Å². The van der Waals surface area contributed by atoms with Gasteiger partial charge in [0, 0.05) is 24.3 Å². The second kappa shape index (κ2) is 15.6. The summed E-state index contributed by atoms with van der Waals surface area (Å²) in [7, 11) is 1.41. The van der Waals surface area contributed by atoms with E-state index in [2.05, 4.69) is 11.3 Å². The van der Waals surface area contributed by atoms with Crippen molar-refractivity contribution in [3.05, 3.63) is 113 Å². The molecule has 48 heavy (non-hydrogen) atoms. The highest BCUT2D eigenvalue weighted by Gasteiger charge is 2.37. The first-order valence-corrected chi connectivity index (χ1v) is 14.4. The molecule has 0 spiro atoms. The minimum Gasteiger partial charge on any atom is -0.493 e. The average molecular weight is 662 g/mol. The summed E-state index contributed by atoms with van der Waals surface area (Å²) in [5.74, 6) is -1.63. The van der Waals surface area contributed by atoms with E-state index in [0.717, 1.165) is 17.2 Å². The van der Waals surface area contributed by atoms with E-state index in [1.54, 1.807) is 66.7 Å². The molecule has 0 amide bonds. The number of aryl methyl sites for hydroxylation is 1. The Labute approximate surface area is 273 Å². The number of ether oxygens (including phenoxy) is 5. The van der Waals surface area contributed by atoms with Gasteiger partial charge in [-0.2, -0.15) is 13.2 Å². The zero-order valence-electron chi connectivity index (χ0n) is 25.9. The Hall–Kier alpha value is -5.91. The summed E-state index contributed by atoms with van der Waals surface area (Å²) in [6, 6.07) is 19.9. The molecule has 4 aromatic carbocycles. The third kappa shape index (κ3) is 9.32. The molecular formula is C36H30F3NO8. The molecule has 1 N–H and O–H groups in total. The molecule has 0 saturated carbocycles. The van der Waals surface area contributed by atoms with Gasteiger partial charge in [0.15, 0.2) is 11.5 Å². The maximum Gasteiger partial charge on any atom is 0.422 e. The molecule has 0 unspecified atom stereocenters. The Morgan fingerprint density at radius 3 is 2.31 bits per heavy atom. The first kappa shape index (κ1) is 35.0. The number of esters is 3. The molecule has 0 heterocycles. The molecule has 12 heteroatoms. The maximum atomic E-state index is 13.0. The number of fused-ring (bicyclic) bond motifs is 1. The Morgan fingerprint density at radius 1 is 0.854 bits per heavy atom. The van der Waals surface area contributed by atoms with E-state index >= 15 is 0 Å². The lowest BCUT2D eigenvalue weighted by Gasteiger charge is -2.11. The zero-order valence-corrected chi connectivity index (χ0v) is 25.9. The van der Waals surface area contributed by atoms with Crippen molar-refractivity contribution in [1.82, 2.24) is 0 Å². The van der Waals surface area contributed by atoms with E-state index < -0.39 is 29.7 Å². The van der Waals surface area contributed by atoms with Crippen molar-refractivity contribution < 1.29 is 51.2 Å². The number of nitrogens with one attached hydrogen (secondary N) is 1. The number of alkyl halides is 3. The fraction of sp³-hybridized carbons (Fsp3) is 0.167. The molecule has 0 fully saturated rings. The molecule has 0 bridgehead atoms. The second-order valence-electron chi connectivity index (χ2n) is 10.3. The fourth-order valence-electron chi connectivity index (χ4n) is 4.27. The Balaban J connectivity index is 1.33. The number of halogens is 3. The Morgan fingerprint density at radius 2 is 1.58 bits per heavy atom. The van der Waals surface area contributed by atoms with Gasteiger partial charge < -0.3 is 29.1 Å². The van der Waals surface area contributed by atoms with Crippen LogP contribution in [-0.2, 0) is 14.3 Å². The van der Waals surface area contributed by atoms with Crippen molar-refractivity contribution in [3.63, 3.8) is 0 Å². The van der Waals surface area contributed by atoms with Gasteiger partial charge in [-0.25, -0.2) is 14.4 Å². The van der Waals surface area contributed by atoms with Crippen LogP contribution in [0, 0.1) is 12.3 Å². The molecule has 248 valence electrons. The maximum absolute atomic E-state index is 13.0. The van der Waals surface area contributed by atoms with Crippen molar-refractivity contribution in [2.24, 2.45) is 0 Å². The summed E-state index contributed by atoms with van der Waals surface area (Å²) in [4.78, 5) is 36.7. The fourth-order valence-corrected chi connectivity index (χ4v) is 4.27. The van der Waals surface area contributed by atoms with Gasteiger partial charge in [-0.3, -0.25) is 0 Å². The molecule has 0 aliphatic carbocycles. The Kier molecular flexibility index (Phi) is 11.4. The van der Waals surface area contributed by atoms with Gasteiger partial charge in [-0.05, 0) is 77.9 Å². The standard InChI is InChI=1S/C36H30F3NO8/c1-22-5-12-30(28(17-22)21-40)47-33(41)14-7-24-6-13-31(32(18-24)44-3)48-35(43)27-9-8-26-20-29(11-10-25(26)19-27)45-15-4-16-46-34(42)23(2)36(37,38)39/h5-14,17-21,40H,2,4,15-16H2,1,3H3/b14-7+,40-21?. The number of hydrogen-bond acceptors (Lipinski definition) is 9. The van der Waals surface area contributed by atoms with Crippen LogP contribution in [0.15, 0.2) is 91.0 Å². The van der Waals surface area contributed by atoms with Crippen molar-refractivity contribution in [3.8, 4) is 23.0 Å². The van der Waals surface area contributed by atoms with Crippen molar-refractivity contribution in [2.45, 2.75) is 19.5 Å². The normalized spacial score (nSPS) is 11.2. The molecule has 0 aliphatic heterocycles. The monoisotopic (exact) mass is 661 g/mol. The summed E-state index contributed by atoms with van der Waals surface area (Å²) < 4.78 is 63.9. The zero-order chi connectivity index (χ0) is 34.8. The molecular weight excluding hydrogens is 631 g/mol. The van der Waals surface area contributed by atoms with Gasteiger partial charge >= 0.3 is 24.1 Å². The summed E-state index contributed by atoms with van der Waals surface area (Å²) in [6.07, 6.45) is -0.828. The van der Waals surface area contributed by atoms with E-state index in [0.29, 0.717) is 22.3 Å². The topological polar surface area (TPSA) is 121 Å². The van der Waals surface area contributed by atoms with Gasteiger partial charge in [-0.1, -0.05) is 36.4 Å². The highest BCUT2D eigenvalue weighted by molar-refractivity contribution is 5.97. The van der Waals surface area contributed by atoms with Gasteiger partial charge in [0.25, 0.3) is 0 Å². The van der Waals surface area contributed by atoms with Gasteiger partial charge in [-0.15, -0.1) is 0 Å². The summed E-state index contributed by atoms with van der Waals surface area (Å²) in [6.45, 7) is 4.38. The summed E-state index contributed by atoms with van der Waals surface area (Å²) in [5, 5.41) is 8.98. The number of rotatable bonds is 13. The number of methoxy groups -OCH3 is 1. The lowest BCUT2D eigenvalue weighted by Crippen LogP contribution is -2.21. The van der Waals surface area contributed by atoms with E-state index in [-0.39, 0.29) is 42.4 Å². The van der Waals surface area contributed by atoms with Gasteiger partial charge in [0.2, 0.25) is 0 Å². The third-order valence-electron chi connectivity index (χ3n) is 6.76. The quantitative estimate of drug-likeness (QED) is 0.0517. The van der Waals surface area contributed by atoms with E-state index in [1.807, 2.05) is 6.92 Å². The van der Waals surface area contributed by atoms with E-state index in [1.165, 1.54) is 25.3 Å². The molecule has 0 aliphatic rings. The highest BCUT2D eigenvalue weighted by Crippen LogP contribution is 2.30. The van der Waals surface area contributed by atoms with E-state index in [4.69, 9.17) is 24.4 Å². The van der Waals surface area contributed by atoms with Gasteiger partial charge in [0.05, 0.1) is 25.9 Å². The Bertz CT molecular complexity index is 1900. The molecule has 4 aromatic rings. The SMILES string of the molecule is C=C(C(=O)OCCCOc1ccc2cc(C(=O)Oc3ccc(/C=C/C(=O)Oc4ccc(C)cc4C=N)cc3OC)ccc2c1)C(F)(F)F. The minimum atomic E-state index is -4.84. The molecule has 0 atom stereocenters. The molecule has 0 saturated heterocycles. The first-order chi connectivity index (χ1) is 22.9. The predicted octanol–water partition coefficient (Wildman–Crippen LogP) is 7.42. The van der Waals surface area contributed by atoms with Crippen LogP contribution in [0.25, 0.3) is 16.8 Å². The average Bonchev–Trinajstić information content (AvgIpc) is 3.07. The van der Waals surface area contributed by atoms with Crippen LogP contribution in [0.2, 0.25) is 0 Å². The van der Waals surface area contributed by atoms with Crippen LogP contribution < -0.4 is 18.9 Å². The van der Waals surface area contributed by atoms with Crippen molar-refractivity contribution >= 4 is 41.0 Å². The molecule has 0 radical (unpaired) electrons. The first-order valence-electron chi connectivity index (χ1n) is 14.4. The minimum absolute atomic E-state index is 0.0853. The van der Waals surface area contributed by atoms with Gasteiger partial charge in [0.1, 0.15) is 17.1 Å². The van der Waals surface area contributed by atoms with Crippen LogP contribution >= 0.6 is 0 Å². The number of carbonyl (C=O) groups excluding carboxylic acids is 3. The lowest BCUT2D eigenvalue weighted by atomic mass is 10.1. The molecule has 0 aromatic heterocycles. The molecule has 4 rings (SSSR count). The molecule has 9 nitrogen and oxygen atoms in total. The second-order valence-corrected chi connectivity index (χ2v) is 10.3. The number of benzene rings is 4. The lowest BCUT2D eigenvalue weighted by molar-refractivity contribution is -0.150. The van der Waals surface area contributed by atoms with Crippen LogP contribution in [0.1, 0.15) is 33.5 Å². The summed E-state index contributed by atoms with van der Waals surface area (Å²) >= 11 is 0. The predicted molar refractivity (Wildman–Crippen MR) is 172 cm³/mol. The van der Waals surface area contributed by atoms with Crippen molar-refractivity contribution in [1.29, 1.82) is 5.41 Å². The number of hydrogen-bond donors (Lipinski definition) is 1. The van der Waals surface area contributed by atoms with E-state index in [9.17, 15) is 27.6 Å². The highest BCUT2D eigenvalue weighted by atomic mass is 19.4. The van der Waals surface area contributed by atoms with Crippen LogP contribution in [0.3, 0.4) is 0 Å². The largest absolute Gasteiger partial charge is 0.493 e. The summed E-state index contributed by atoms with van der Waals surface area (Å²) in [5.41, 5.74) is 0.689. The van der Waals surface area contributed by atoms with Crippen LogP contribution in [0.4, 0.5) is 13.2 Å².